The number of hydrogen-bond donors (Lipinski definition) is 3. The van der Waals surface area contributed by atoms with Crippen LogP contribution in [-0.2, 0) is 29.1 Å². The molecule has 4 heterocycles. The van der Waals surface area contributed by atoms with Crippen molar-refractivity contribution in [3.63, 3.8) is 0 Å². The van der Waals surface area contributed by atoms with Crippen LogP contribution < -0.4 is 15.6 Å². The number of hydrazine groups is 1. The average Bonchev–Trinajstić information content (AvgIpc) is 3.66. The monoisotopic (exact) mass is 530 g/mol. The van der Waals surface area contributed by atoms with Crippen LogP contribution in [0.3, 0.4) is 0 Å². The van der Waals surface area contributed by atoms with Gasteiger partial charge in [-0.05, 0) is 48.7 Å². The van der Waals surface area contributed by atoms with Gasteiger partial charge in [-0.3, -0.25) is 8.78 Å². The van der Waals surface area contributed by atoms with Crippen LogP contribution in [0.2, 0.25) is 0 Å². The highest BCUT2D eigenvalue weighted by Gasteiger charge is 2.24. The Balaban J connectivity index is 1.45. The molecule has 2 aromatic carbocycles. The number of nitrogens with one attached hydrogen (secondary N) is 3. The van der Waals surface area contributed by atoms with Crippen LogP contribution in [0.25, 0.3) is 22.4 Å². The minimum absolute atomic E-state index is 0.279. The molecule has 0 radical (unpaired) electrons. The van der Waals surface area contributed by atoms with Crippen LogP contribution in [0.4, 0.5) is 5.82 Å². The maximum Gasteiger partial charge on any atom is 0.254 e. The van der Waals surface area contributed by atoms with Crippen LogP contribution in [0.5, 0.6) is 0 Å². The Bertz CT molecular complexity index is 1610. The normalized spacial score (nSPS) is 16.4. The largest absolute Gasteiger partial charge is 0.759 e. The summed E-state index contributed by atoms with van der Waals surface area (Å²) < 4.78 is 31.5. The quantitative estimate of drug-likeness (QED) is 0.197. The lowest BCUT2D eigenvalue weighted by atomic mass is 10.1. The third kappa shape index (κ3) is 4.82. The summed E-state index contributed by atoms with van der Waals surface area (Å²) in [5.41, 5.74) is 8.79. The minimum Gasteiger partial charge on any atom is -0.759 e. The van der Waals surface area contributed by atoms with E-state index in [0.29, 0.717) is 25.6 Å². The first-order valence-corrected chi connectivity index (χ1v) is 13.6. The van der Waals surface area contributed by atoms with Gasteiger partial charge in [0.25, 0.3) is 5.95 Å². The molecule has 5 aromatic rings. The van der Waals surface area contributed by atoms with E-state index in [2.05, 4.69) is 45.9 Å². The lowest BCUT2D eigenvalue weighted by Gasteiger charge is -2.15. The third-order valence-electron chi connectivity index (χ3n) is 6.93. The number of ether oxygens (including phenoxy) is 1. The summed E-state index contributed by atoms with van der Waals surface area (Å²) in [5.74, 6) is 1.59. The zero-order chi connectivity index (χ0) is 26.1. The highest BCUT2D eigenvalue weighted by molar-refractivity contribution is 7.76. The van der Waals surface area contributed by atoms with Crippen LogP contribution in [0.15, 0.2) is 66.7 Å². The molecule has 0 saturated carbocycles. The number of benzene rings is 2. The zero-order valence-electron chi connectivity index (χ0n) is 20.9. The molecular weight excluding hydrogens is 502 g/mol. The van der Waals surface area contributed by atoms with Crippen molar-refractivity contribution in [2.24, 2.45) is 0 Å². The number of hydrogen-bond acceptors (Lipinski definition) is 7. The van der Waals surface area contributed by atoms with E-state index in [1.165, 1.54) is 0 Å². The van der Waals surface area contributed by atoms with E-state index in [-0.39, 0.29) is 5.92 Å². The predicted molar refractivity (Wildman–Crippen MR) is 145 cm³/mol. The summed E-state index contributed by atoms with van der Waals surface area (Å²) in [6.45, 7) is 4.43. The first kappa shape index (κ1) is 24.7. The fourth-order valence-corrected chi connectivity index (χ4v) is 5.31. The average molecular weight is 531 g/mol. The van der Waals surface area contributed by atoms with E-state index in [1.807, 2.05) is 52.4 Å². The fourth-order valence-electron chi connectivity index (χ4n) is 5.12. The van der Waals surface area contributed by atoms with Crippen molar-refractivity contribution in [2.45, 2.75) is 32.4 Å². The van der Waals surface area contributed by atoms with Gasteiger partial charge in [0.1, 0.15) is 5.52 Å². The summed E-state index contributed by atoms with van der Waals surface area (Å²) >= 11 is -2.39. The van der Waals surface area contributed by atoms with Crippen molar-refractivity contribution in [2.75, 3.05) is 18.5 Å². The molecule has 196 valence electrons. The molecule has 6 rings (SSSR count). The molecule has 0 aliphatic carbocycles. The molecule has 1 aliphatic heterocycles. The molecule has 0 amide bonds. The molecule has 1 aliphatic rings. The molecular formula is C27H28N7O3S-. The second-order valence-electron chi connectivity index (χ2n) is 9.38. The van der Waals surface area contributed by atoms with Gasteiger partial charge < -0.3 is 14.6 Å². The van der Waals surface area contributed by atoms with Gasteiger partial charge in [0, 0.05) is 53.7 Å². The Hall–Kier alpha value is -3.61. The van der Waals surface area contributed by atoms with Crippen molar-refractivity contribution < 1.29 is 13.5 Å². The molecule has 11 heteroatoms. The maximum atomic E-state index is 10.9. The second-order valence-corrected chi connectivity index (χ2v) is 10.1. The molecule has 2 unspecified atom stereocenters. The fraction of sp³-hybridized carbons (Fsp3) is 0.259. The SMILES string of the molecule is Cc1cc2c(CNNS(=O)[O-])cccc2n1-c1nc(NCc2ccccc2)c2ccc(C3CCOC3)n2n1. The molecule has 38 heavy (non-hydrogen) atoms. The minimum atomic E-state index is -2.39. The van der Waals surface area contributed by atoms with Gasteiger partial charge in [-0.25, -0.2) is 9.94 Å². The molecule has 2 atom stereocenters. The Labute approximate surface area is 222 Å². The summed E-state index contributed by atoms with van der Waals surface area (Å²) in [7, 11) is 0. The van der Waals surface area contributed by atoms with Gasteiger partial charge in [-0.1, -0.05) is 42.5 Å². The molecule has 3 aromatic heterocycles. The Morgan fingerprint density at radius 3 is 2.74 bits per heavy atom. The van der Waals surface area contributed by atoms with E-state index in [4.69, 9.17) is 14.8 Å². The summed E-state index contributed by atoms with van der Waals surface area (Å²) in [5, 5.41) is 9.56. The second kappa shape index (κ2) is 10.6. The lowest BCUT2D eigenvalue weighted by Crippen LogP contribution is -2.32. The maximum absolute atomic E-state index is 10.9. The molecule has 1 saturated heterocycles. The zero-order valence-corrected chi connectivity index (χ0v) is 21.7. The Morgan fingerprint density at radius 1 is 1.08 bits per heavy atom. The van der Waals surface area contributed by atoms with Gasteiger partial charge in [-0.15, -0.1) is 5.10 Å². The molecule has 0 bridgehead atoms. The lowest BCUT2D eigenvalue weighted by molar-refractivity contribution is 0.193. The first-order valence-electron chi connectivity index (χ1n) is 12.5. The van der Waals surface area contributed by atoms with Crippen molar-refractivity contribution in [3.05, 3.63) is 89.2 Å². The smallest absolute Gasteiger partial charge is 0.254 e. The van der Waals surface area contributed by atoms with Gasteiger partial charge in [-0.2, -0.15) is 9.82 Å². The molecule has 1 fully saturated rings. The van der Waals surface area contributed by atoms with Crippen molar-refractivity contribution in [1.29, 1.82) is 0 Å². The molecule has 10 nitrogen and oxygen atoms in total. The number of aromatic nitrogens is 4. The van der Waals surface area contributed by atoms with Crippen molar-refractivity contribution in [1.82, 2.24) is 29.4 Å². The number of rotatable bonds is 9. The first-order chi connectivity index (χ1) is 18.6. The highest BCUT2D eigenvalue weighted by Crippen LogP contribution is 2.31. The summed E-state index contributed by atoms with van der Waals surface area (Å²) in [6.07, 6.45) is 0.961. The van der Waals surface area contributed by atoms with E-state index >= 15 is 0 Å². The van der Waals surface area contributed by atoms with E-state index in [9.17, 15) is 8.76 Å². The predicted octanol–water partition coefficient (Wildman–Crippen LogP) is 3.49. The van der Waals surface area contributed by atoms with Crippen molar-refractivity contribution in [3.8, 4) is 5.95 Å². The van der Waals surface area contributed by atoms with Crippen LogP contribution in [0, 0.1) is 6.92 Å². The van der Waals surface area contributed by atoms with E-state index < -0.39 is 11.3 Å². The standard InChI is InChI=1S/C27H29N7O3S/c1-18-14-22-20(16-29-32-38(35)36)8-5-9-24(22)33(18)27-30-26(28-15-19-6-3-2-4-7-19)25-11-10-23(34(25)31-27)21-12-13-37-17-21/h2-11,14,21,29,32H,12-13,15-17H2,1H3,(H,35,36)(H,28,30,31)/p-1. The summed E-state index contributed by atoms with van der Waals surface area (Å²) in [4.78, 5) is 7.21. The number of nitrogens with zero attached hydrogens (tertiary/aromatic N) is 4. The Kier molecular flexibility index (Phi) is 6.92. The van der Waals surface area contributed by atoms with Gasteiger partial charge in [0.2, 0.25) is 0 Å². The van der Waals surface area contributed by atoms with E-state index in [0.717, 1.165) is 57.8 Å². The van der Waals surface area contributed by atoms with Gasteiger partial charge >= 0.3 is 0 Å². The topological polar surface area (TPSA) is 121 Å². The summed E-state index contributed by atoms with van der Waals surface area (Å²) in [6, 6.07) is 22.4. The van der Waals surface area contributed by atoms with Gasteiger partial charge in [0.15, 0.2) is 5.82 Å². The van der Waals surface area contributed by atoms with Crippen LogP contribution >= 0.6 is 0 Å². The molecule has 3 N–H and O–H groups in total. The number of aryl methyl sites for hydroxylation is 1. The highest BCUT2D eigenvalue weighted by atomic mass is 32.2. The van der Waals surface area contributed by atoms with Crippen LogP contribution in [-0.4, -0.2) is 41.1 Å². The van der Waals surface area contributed by atoms with Crippen LogP contribution in [0.1, 0.15) is 34.9 Å². The van der Waals surface area contributed by atoms with E-state index in [1.54, 1.807) is 0 Å². The number of anilines is 1. The third-order valence-corrected chi connectivity index (χ3v) is 7.24. The number of fused-ring (bicyclic) bond motifs is 2. The van der Waals surface area contributed by atoms with Gasteiger partial charge in [0.05, 0.1) is 12.1 Å². The van der Waals surface area contributed by atoms with Crippen molar-refractivity contribution >= 4 is 33.5 Å². The molecule has 0 spiro atoms. The Morgan fingerprint density at radius 2 is 1.95 bits per heavy atom.